The Labute approximate surface area is 66.4 Å². The molecule has 0 aromatic carbocycles. The van der Waals surface area contributed by atoms with Crippen LogP contribution < -0.4 is 0 Å². The summed E-state index contributed by atoms with van der Waals surface area (Å²) in [5.74, 6) is 0. The van der Waals surface area contributed by atoms with Crippen molar-refractivity contribution in [3.8, 4) is 0 Å². The van der Waals surface area contributed by atoms with Crippen molar-refractivity contribution in [2.24, 2.45) is 0 Å². The van der Waals surface area contributed by atoms with Crippen LogP contribution in [0.5, 0.6) is 0 Å². The Morgan fingerprint density at radius 3 is 1.25 bits per heavy atom. The predicted molar refractivity (Wildman–Crippen MR) is 50.4 cm³/mol. The molecule has 0 atom stereocenters. The summed E-state index contributed by atoms with van der Waals surface area (Å²) < 4.78 is 4.44. The lowest BCUT2D eigenvalue weighted by Gasteiger charge is -2.28. The zero-order chi connectivity index (χ0) is 6.73. The number of rotatable bonds is 2. The van der Waals surface area contributed by atoms with Gasteiger partial charge in [-0.05, 0) is 28.2 Å². The SMILES string of the molecule is CN(C)[SH](I)N(C)C. The van der Waals surface area contributed by atoms with E-state index in [1.54, 1.807) is 0 Å². The number of hydrogen-bond donors (Lipinski definition) is 1. The average Bonchev–Trinajstić information content (AvgIpc) is 1.64. The number of halogens is 1. The van der Waals surface area contributed by atoms with E-state index < -0.39 is 0 Å². The molecule has 0 aromatic heterocycles. The largest absolute Gasteiger partial charge is 0.257 e. The Morgan fingerprint density at radius 1 is 1.00 bits per heavy atom. The Bertz CT molecular complexity index is 59.1. The Kier molecular flexibility index (Phi) is 4.41. The molecule has 0 aliphatic rings. The summed E-state index contributed by atoms with van der Waals surface area (Å²) in [6.45, 7) is 0. The monoisotopic (exact) mass is 248 g/mol. The van der Waals surface area contributed by atoms with E-state index in [0.29, 0.717) is 0 Å². The van der Waals surface area contributed by atoms with Gasteiger partial charge in [0.1, 0.15) is 0 Å². The van der Waals surface area contributed by atoms with Crippen LogP contribution in [0.15, 0.2) is 0 Å². The third kappa shape index (κ3) is 3.11. The predicted octanol–water partition coefficient (Wildman–Crippen LogP) is 1.29. The highest BCUT2D eigenvalue weighted by atomic mass is 127. The molecule has 52 valence electrons. The van der Waals surface area contributed by atoms with Gasteiger partial charge in [0.15, 0.2) is 0 Å². The van der Waals surface area contributed by atoms with Crippen molar-refractivity contribution in [2.75, 3.05) is 28.2 Å². The Morgan fingerprint density at radius 2 is 1.25 bits per heavy atom. The molecule has 0 bridgehead atoms. The van der Waals surface area contributed by atoms with Gasteiger partial charge in [-0.2, -0.15) is 0 Å². The smallest absolute Gasteiger partial charge is 0.00206 e. The maximum absolute atomic E-state index is 2.44. The summed E-state index contributed by atoms with van der Waals surface area (Å²) in [6, 6.07) is 0. The van der Waals surface area contributed by atoms with Crippen molar-refractivity contribution < 1.29 is 0 Å². The summed E-state index contributed by atoms with van der Waals surface area (Å²) in [5, 5.41) is 0. The van der Waals surface area contributed by atoms with Gasteiger partial charge >= 0.3 is 0 Å². The van der Waals surface area contributed by atoms with Gasteiger partial charge in [-0.15, -0.1) is 0 Å². The van der Waals surface area contributed by atoms with E-state index in [4.69, 9.17) is 0 Å². The lowest BCUT2D eigenvalue weighted by molar-refractivity contribution is 0.615. The van der Waals surface area contributed by atoms with Crippen LogP contribution in [0.25, 0.3) is 0 Å². The third-order valence-corrected chi connectivity index (χ3v) is 7.16. The molecular formula is C4H13IN2S. The quantitative estimate of drug-likeness (QED) is 0.581. The molecule has 2 nitrogen and oxygen atoms in total. The first-order valence-corrected chi connectivity index (χ1v) is 6.39. The average molecular weight is 248 g/mol. The maximum atomic E-state index is 2.44. The zero-order valence-corrected chi connectivity index (χ0v) is 8.77. The fraction of sp³-hybridized carbons (Fsp3) is 1.00. The van der Waals surface area contributed by atoms with E-state index in [9.17, 15) is 0 Å². The number of nitrogens with zero attached hydrogens (tertiary/aromatic N) is 2. The second kappa shape index (κ2) is 3.92. The lowest BCUT2D eigenvalue weighted by Crippen LogP contribution is -2.15. The summed E-state index contributed by atoms with van der Waals surface area (Å²) in [6.07, 6.45) is 0. The standard InChI is InChI=1S/C4H13IN2S/c1-6(2)8(5)7(3)4/h8H,1-4H3. The van der Waals surface area contributed by atoms with Gasteiger partial charge in [0.2, 0.25) is 0 Å². The molecule has 0 aliphatic heterocycles. The molecular weight excluding hydrogens is 235 g/mol. The molecule has 0 amide bonds. The second-order valence-electron chi connectivity index (χ2n) is 1.94. The van der Waals surface area contributed by atoms with Crippen LogP contribution in [0, 0.1) is 0 Å². The minimum Gasteiger partial charge on any atom is -0.257 e. The molecule has 0 heterocycles. The normalized spacial score (nSPS) is 13.1. The molecule has 0 aromatic rings. The van der Waals surface area contributed by atoms with Gasteiger partial charge in [0, 0.05) is 21.2 Å². The highest BCUT2D eigenvalue weighted by Gasteiger charge is 2.00. The van der Waals surface area contributed by atoms with Gasteiger partial charge in [0.25, 0.3) is 0 Å². The summed E-state index contributed by atoms with van der Waals surface area (Å²) in [4.78, 5) is 0. The first-order chi connectivity index (χ1) is 3.55. The molecule has 0 fully saturated rings. The first kappa shape index (κ1) is 9.00. The molecule has 0 saturated heterocycles. The minimum absolute atomic E-state index is 0.0619. The van der Waals surface area contributed by atoms with E-state index in [2.05, 4.69) is 58.0 Å². The summed E-state index contributed by atoms with van der Waals surface area (Å²) in [5.41, 5.74) is 0. The molecule has 0 aliphatic carbocycles. The van der Waals surface area contributed by atoms with E-state index in [-0.39, 0.29) is 8.44 Å². The number of thiol groups is 1. The van der Waals surface area contributed by atoms with E-state index in [1.807, 2.05) is 0 Å². The molecule has 4 heteroatoms. The molecule has 0 rings (SSSR count). The highest BCUT2D eigenvalue weighted by molar-refractivity contribution is 14.2. The van der Waals surface area contributed by atoms with Crippen molar-refractivity contribution in [1.82, 2.24) is 8.61 Å². The highest BCUT2D eigenvalue weighted by Crippen LogP contribution is 2.37. The molecule has 8 heavy (non-hydrogen) atoms. The van der Waals surface area contributed by atoms with Gasteiger partial charge in [0.05, 0.1) is 0 Å². The minimum atomic E-state index is -0.0619. The van der Waals surface area contributed by atoms with Crippen LogP contribution in [0.4, 0.5) is 0 Å². The fourth-order valence-corrected chi connectivity index (χ4v) is 1.07. The zero-order valence-electron chi connectivity index (χ0n) is 5.72. The molecule has 0 radical (unpaired) electrons. The first-order valence-electron chi connectivity index (χ1n) is 2.36. The molecule has 0 N–H and O–H groups in total. The maximum Gasteiger partial charge on any atom is 0.00206 e. The van der Waals surface area contributed by atoms with Crippen molar-refractivity contribution in [3.05, 3.63) is 0 Å². The Hall–Kier alpha value is 1.00. The second-order valence-corrected chi connectivity index (χ2v) is 6.61. The van der Waals surface area contributed by atoms with Crippen LogP contribution in [0.1, 0.15) is 0 Å². The van der Waals surface area contributed by atoms with E-state index in [1.165, 1.54) is 0 Å². The third-order valence-electron chi connectivity index (χ3n) is 0.660. The lowest BCUT2D eigenvalue weighted by atomic mass is 11.3. The van der Waals surface area contributed by atoms with Gasteiger partial charge in [-0.25, -0.2) is 0 Å². The van der Waals surface area contributed by atoms with Crippen molar-refractivity contribution in [2.45, 2.75) is 0 Å². The molecule has 0 unspecified atom stereocenters. The molecule has 0 saturated carbocycles. The van der Waals surface area contributed by atoms with Crippen molar-refractivity contribution in [3.63, 3.8) is 0 Å². The van der Waals surface area contributed by atoms with Gasteiger partial charge in [-0.3, -0.25) is 8.61 Å². The summed E-state index contributed by atoms with van der Waals surface area (Å²) >= 11 is 2.44. The van der Waals surface area contributed by atoms with Crippen LogP contribution in [-0.2, 0) is 0 Å². The van der Waals surface area contributed by atoms with Crippen LogP contribution >= 0.6 is 29.6 Å². The number of hydrogen-bond acceptors (Lipinski definition) is 2. The van der Waals surface area contributed by atoms with Crippen LogP contribution in [-0.4, -0.2) is 36.8 Å². The van der Waals surface area contributed by atoms with Crippen LogP contribution in [0.2, 0.25) is 0 Å². The van der Waals surface area contributed by atoms with Crippen LogP contribution in [0.3, 0.4) is 0 Å². The summed E-state index contributed by atoms with van der Waals surface area (Å²) in [7, 11) is 8.32. The topological polar surface area (TPSA) is 6.48 Å². The van der Waals surface area contributed by atoms with Crippen molar-refractivity contribution in [1.29, 1.82) is 0 Å². The van der Waals surface area contributed by atoms with E-state index >= 15 is 0 Å². The van der Waals surface area contributed by atoms with Gasteiger partial charge in [-0.1, -0.05) is 8.44 Å². The van der Waals surface area contributed by atoms with E-state index in [0.717, 1.165) is 0 Å². The van der Waals surface area contributed by atoms with Gasteiger partial charge < -0.3 is 0 Å². The Balaban J connectivity index is 3.46. The van der Waals surface area contributed by atoms with Crippen molar-refractivity contribution >= 4 is 29.6 Å². The fourth-order valence-electron chi connectivity index (χ4n) is 0.358. The molecule has 0 spiro atoms.